The zero-order valence-corrected chi connectivity index (χ0v) is 17.5. The molecular formula is C23H32O4. The standard InChI is InChI=1S/C23H32O4/c1-16-11-20(12-17(2)22(16)26-9-7-24-5)15-21-13-18(3)23(19(4)14-21)27-10-8-25-6/h11-14H,7-10,15H2,1-6H3. The zero-order valence-electron chi connectivity index (χ0n) is 17.5. The average Bonchev–Trinajstić information content (AvgIpc) is 2.60. The molecule has 0 aromatic heterocycles. The third-order valence-electron chi connectivity index (χ3n) is 4.52. The van der Waals surface area contributed by atoms with Gasteiger partial charge in [0, 0.05) is 14.2 Å². The van der Waals surface area contributed by atoms with Crippen LogP contribution in [0.3, 0.4) is 0 Å². The van der Waals surface area contributed by atoms with Crippen LogP contribution in [0.5, 0.6) is 11.5 Å². The topological polar surface area (TPSA) is 36.9 Å². The summed E-state index contributed by atoms with van der Waals surface area (Å²) >= 11 is 0. The summed E-state index contributed by atoms with van der Waals surface area (Å²) in [7, 11) is 3.37. The van der Waals surface area contributed by atoms with Gasteiger partial charge in [-0.1, -0.05) is 24.3 Å². The molecular weight excluding hydrogens is 340 g/mol. The fourth-order valence-electron chi connectivity index (χ4n) is 3.43. The first-order valence-corrected chi connectivity index (χ1v) is 9.40. The Morgan fingerprint density at radius 1 is 0.556 bits per heavy atom. The Balaban J connectivity index is 2.14. The van der Waals surface area contributed by atoms with E-state index in [0.717, 1.165) is 40.2 Å². The maximum atomic E-state index is 5.86. The number of benzene rings is 2. The van der Waals surface area contributed by atoms with Gasteiger partial charge in [0.1, 0.15) is 24.7 Å². The summed E-state index contributed by atoms with van der Waals surface area (Å²) in [4.78, 5) is 0. The quantitative estimate of drug-likeness (QED) is 0.573. The van der Waals surface area contributed by atoms with Crippen molar-refractivity contribution in [2.75, 3.05) is 40.6 Å². The van der Waals surface area contributed by atoms with Crippen LogP contribution in [0.4, 0.5) is 0 Å². The van der Waals surface area contributed by atoms with Gasteiger partial charge in [0.15, 0.2) is 0 Å². The van der Waals surface area contributed by atoms with Crippen LogP contribution >= 0.6 is 0 Å². The van der Waals surface area contributed by atoms with Crippen molar-refractivity contribution < 1.29 is 18.9 Å². The molecule has 0 aliphatic rings. The number of aryl methyl sites for hydroxylation is 4. The highest BCUT2D eigenvalue weighted by Crippen LogP contribution is 2.29. The lowest BCUT2D eigenvalue weighted by Gasteiger charge is -2.16. The van der Waals surface area contributed by atoms with Crippen molar-refractivity contribution >= 4 is 0 Å². The summed E-state index contributed by atoms with van der Waals surface area (Å²) in [6.45, 7) is 10.7. The Bertz CT molecular complexity index is 643. The van der Waals surface area contributed by atoms with E-state index in [-0.39, 0.29) is 0 Å². The Morgan fingerprint density at radius 3 is 1.19 bits per heavy atom. The monoisotopic (exact) mass is 372 g/mol. The summed E-state index contributed by atoms with van der Waals surface area (Å²) in [5.41, 5.74) is 7.22. The van der Waals surface area contributed by atoms with E-state index in [4.69, 9.17) is 18.9 Å². The van der Waals surface area contributed by atoms with E-state index < -0.39 is 0 Å². The minimum absolute atomic E-state index is 0.570. The first-order chi connectivity index (χ1) is 13.0. The molecule has 0 saturated heterocycles. The second-order valence-electron chi connectivity index (χ2n) is 6.98. The lowest BCUT2D eigenvalue weighted by Crippen LogP contribution is -2.07. The van der Waals surface area contributed by atoms with Gasteiger partial charge in [0.05, 0.1) is 13.2 Å². The normalized spacial score (nSPS) is 10.9. The van der Waals surface area contributed by atoms with Crippen LogP contribution in [0.25, 0.3) is 0 Å². The largest absolute Gasteiger partial charge is 0.491 e. The van der Waals surface area contributed by atoms with Crippen molar-refractivity contribution in [3.05, 3.63) is 57.6 Å². The molecule has 27 heavy (non-hydrogen) atoms. The van der Waals surface area contributed by atoms with E-state index in [1.807, 2.05) is 0 Å². The van der Waals surface area contributed by atoms with E-state index in [2.05, 4.69) is 52.0 Å². The molecule has 0 heterocycles. The van der Waals surface area contributed by atoms with Crippen LogP contribution in [0, 0.1) is 27.7 Å². The number of methoxy groups -OCH3 is 2. The molecule has 4 nitrogen and oxygen atoms in total. The molecule has 0 aliphatic carbocycles. The van der Waals surface area contributed by atoms with Crippen molar-refractivity contribution in [1.82, 2.24) is 0 Å². The van der Waals surface area contributed by atoms with Crippen LogP contribution in [0.15, 0.2) is 24.3 Å². The van der Waals surface area contributed by atoms with Gasteiger partial charge in [0.25, 0.3) is 0 Å². The Morgan fingerprint density at radius 2 is 0.889 bits per heavy atom. The van der Waals surface area contributed by atoms with Crippen molar-refractivity contribution in [3.8, 4) is 11.5 Å². The highest BCUT2D eigenvalue weighted by molar-refractivity contribution is 5.47. The van der Waals surface area contributed by atoms with Gasteiger partial charge in [0.2, 0.25) is 0 Å². The summed E-state index contributed by atoms with van der Waals surface area (Å²) in [5.74, 6) is 1.93. The molecule has 0 aliphatic heterocycles. The second kappa shape index (κ2) is 10.3. The Kier molecular flexibility index (Phi) is 8.14. The molecule has 2 aromatic rings. The minimum atomic E-state index is 0.570. The molecule has 0 saturated carbocycles. The Hall–Kier alpha value is -2.04. The summed E-state index contributed by atoms with van der Waals surface area (Å²) < 4.78 is 21.9. The molecule has 0 radical (unpaired) electrons. The molecule has 2 aromatic carbocycles. The number of hydrogen-bond donors (Lipinski definition) is 0. The van der Waals surface area contributed by atoms with Gasteiger partial charge in [-0.15, -0.1) is 0 Å². The third-order valence-corrected chi connectivity index (χ3v) is 4.52. The third kappa shape index (κ3) is 5.98. The van der Waals surface area contributed by atoms with Gasteiger partial charge < -0.3 is 18.9 Å². The van der Waals surface area contributed by atoms with E-state index in [1.54, 1.807) is 14.2 Å². The number of hydrogen-bond acceptors (Lipinski definition) is 4. The molecule has 2 rings (SSSR count). The number of rotatable bonds is 10. The van der Waals surface area contributed by atoms with Crippen LogP contribution < -0.4 is 9.47 Å². The molecule has 0 amide bonds. The van der Waals surface area contributed by atoms with Gasteiger partial charge in [-0.3, -0.25) is 0 Å². The molecule has 148 valence electrons. The lowest BCUT2D eigenvalue weighted by atomic mass is 9.97. The minimum Gasteiger partial charge on any atom is -0.491 e. The summed E-state index contributed by atoms with van der Waals surface area (Å²) in [6, 6.07) is 8.84. The highest BCUT2D eigenvalue weighted by Gasteiger charge is 2.10. The average molecular weight is 373 g/mol. The van der Waals surface area contributed by atoms with Gasteiger partial charge in [-0.25, -0.2) is 0 Å². The molecule has 0 N–H and O–H groups in total. The van der Waals surface area contributed by atoms with Gasteiger partial charge in [-0.05, 0) is 67.5 Å². The fourth-order valence-corrected chi connectivity index (χ4v) is 3.43. The van der Waals surface area contributed by atoms with E-state index in [0.29, 0.717) is 26.4 Å². The highest BCUT2D eigenvalue weighted by atomic mass is 16.5. The summed E-state index contributed by atoms with van der Waals surface area (Å²) in [5, 5.41) is 0. The van der Waals surface area contributed by atoms with Crippen LogP contribution in [0.1, 0.15) is 33.4 Å². The second-order valence-corrected chi connectivity index (χ2v) is 6.98. The molecule has 4 heteroatoms. The van der Waals surface area contributed by atoms with E-state index in [9.17, 15) is 0 Å². The predicted octanol–water partition coefficient (Wildman–Crippen LogP) is 4.56. The zero-order chi connectivity index (χ0) is 19.8. The SMILES string of the molecule is COCCOc1c(C)cc(Cc2cc(C)c(OCCOC)c(C)c2)cc1C. The maximum Gasteiger partial charge on any atom is 0.125 e. The number of ether oxygens (including phenoxy) is 4. The summed E-state index contributed by atoms with van der Waals surface area (Å²) in [6.07, 6.45) is 0.889. The van der Waals surface area contributed by atoms with E-state index >= 15 is 0 Å². The van der Waals surface area contributed by atoms with Crippen LogP contribution in [-0.2, 0) is 15.9 Å². The molecule has 0 spiro atoms. The first-order valence-electron chi connectivity index (χ1n) is 9.40. The maximum absolute atomic E-state index is 5.86. The predicted molar refractivity (Wildman–Crippen MR) is 109 cm³/mol. The van der Waals surface area contributed by atoms with Crippen LogP contribution in [-0.4, -0.2) is 40.6 Å². The van der Waals surface area contributed by atoms with Crippen molar-refractivity contribution in [3.63, 3.8) is 0 Å². The smallest absolute Gasteiger partial charge is 0.125 e. The molecule has 0 atom stereocenters. The lowest BCUT2D eigenvalue weighted by molar-refractivity contribution is 0.145. The van der Waals surface area contributed by atoms with Gasteiger partial charge in [-0.2, -0.15) is 0 Å². The van der Waals surface area contributed by atoms with Crippen molar-refractivity contribution in [2.45, 2.75) is 34.1 Å². The Labute approximate surface area is 163 Å². The molecule has 0 bridgehead atoms. The van der Waals surface area contributed by atoms with E-state index in [1.165, 1.54) is 11.1 Å². The van der Waals surface area contributed by atoms with Crippen molar-refractivity contribution in [1.29, 1.82) is 0 Å². The molecule has 0 fully saturated rings. The van der Waals surface area contributed by atoms with Crippen molar-refractivity contribution in [2.24, 2.45) is 0 Å². The van der Waals surface area contributed by atoms with Gasteiger partial charge >= 0.3 is 0 Å². The first kappa shape index (κ1) is 21.3. The van der Waals surface area contributed by atoms with Crippen LogP contribution in [0.2, 0.25) is 0 Å². The fraction of sp³-hybridized carbons (Fsp3) is 0.478. The molecule has 0 unspecified atom stereocenters.